The fraction of sp³-hybridized carbons (Fsp3) is 0. The lowest BCUT2D eigenvalue weighted by molar-refractivity contribution is -0.131. The predicted octanol–water partition coefficient (Wildman–Crippen LogP) is 6.07. The Morgan fingerprint density at radius 1 is 0.952 bits per heavy atom. The summed E-state index contributed by atoms with van der Waals surface area (Å²) in [6.07, 6.45) is 2.48. The van der Waals surface area contributed by atoms with Crippen molar-refractivity contribution in [1.29, 1.82) is 0 Å². The van der Waals surface area contributed by atoms with Crippen LogP contribution in [0, 0.1) is 0 Å². The van der Waals surface area contributed by atoms with Gasteiger partial charge in [0.2, 0.25) is 0 Å². The number of carbonyl (C=O) groups is 1. The maximum atomic E-state index is 10.7. The zero-order chi connectivity index (χ0) is 15.6. The Kier molecular flexibility index (Phi) is 5.17. The van der Waals surface area contributed by atoms with Crippen molar-refractivity contribution in [2.45, 2.75) is 0 Å². The minimum Gasteiger partial charge on any atom is -0.478 e. The van der Waals surface area contributed by atoms with Crippen LogP contribution in [0.5, 0.6) is 0 Å². The summed E-state index contributed by atoms with van der Waals surface area (Å²) in [5.41, 5.74) is 1.80. The van der Waals surface area contributed by atoms with Gasteiger partial charge >= 0.3 is 5.97 Å². The first-order valence-corrected chi connectivity index (χ1v) is 7.25. The molecule has 0 amide bonds. The van der Waals surface area contributed by atoms with Crippen LogP contribution in [0.15, 0.2) is 36.4 Å². The molecular formula is C15H8Cl4O2. The molecule has 0 heterocycles. The van der Waals surface area contributed by atoms with Crippen LogP contribution in [0.4, 0.5) is 0 Å². The molecule has 0 unspecified atom stereocenters. The van der Waals surface area contributed by atoms with Gasteiger partial charge in [-0.2, -0.15) is 0 Å². The molecule has 1 N–H and O–H groups in total. The minimum absolute atomic E-state index is 0.333. The normalized spacial score (nSPS) is 11.0. The third-order valence-electron chi connectivity index (χ3n) is 2.73. The standard InChI is InChI=1S/C15H8Cl4O2/c16-10-3-1-2-8(4-5-14(20)21)15(10)9-6-12(18)13(19)7-11(9)17/h1-7H,(H,20,21)/b5-4-. The quantitative estimate of drug-likeness (QED) is 0.532. The van der Waals surface area contributed by atoms with Gasteiger partial charge in [0.25, 0.3) is 0 Å². The summed E-state index contributed by atoms with van der Waals surface area (Å²) in [6.45, 7) is 0. The van der Waals surface area contributed by atoms with E-state index in [4.69, 9.17) is 51.5 Å². The van der Waals surface area contributed by atoms with Gasteiger partial charge in [-0.25, -0.2) is 4.79 Å². The maximum absolute atomic E-state index is 10.7. The monoisotopic (exact) mass is 360 g/mol. The second-order valence-corrected chi connectivity index (χ2v) is 5.75. The molecule has 0 radical (unpaired) electrons. The van der Waals surface area contributed by atoms with E-state index in [-0.39, 0.29) is 0 Å². The number of aliphatic carboxylic acids is 1. The van der Waals surface area contributed by atoms with Crippen molar-refractivity contribution < 1.29 is 9.90 Å². The molecule has 0 aliphatic heterocycles. The summed E-state index contributed by atoms with van der Waals surface area (Å²) in [4.78, 5) is 10.7. The lowest BCUT2D eigenvalue weighted by Gasteiger charge is -2.12. The first kappa shape index (κ1) is 16.2. The van der Waals surface area contributed by atoms with E-state index < -0.39 is 5.97 Å². The number of halogens is 4. The van der Waals surface area contributed by atoms with Gasteiger partial charge < -0.3 is 5.11 Å². The largest absolute Gasteiger partial charge is 0.478 e. The van der Waals surface area contributed by atoms with Gasteiger partial charge in [0.1, 0.15) is 0 Å². The predicted molar refractivity (Wildman–Crippen MR) is 88.6 cm³/mol. The molecular weight excluding hydrogens is 354 g/mol. The summed E-state index contributed by atoms with van der Waals surface area (Å²) in [5.74, 6) is -1.05. The maximum Gasteiger partial charge on any atom is 0.328 e. The highest BCUT2D eigenvalue weighted by Gasteiger charge is 2.14. The molecule has 2 aromatic rings. The van der Waals surface area contributed by atoms with E-state index in [2.05, 4.69) is 0 Å². The van der Waals surface area contributed by atoms with Gasteiger partial charge in [-0.3, -0.25) is 0 Å². The van der Waals surface area contributed by atoms with Crippen LogP contribution in [-0.4, -0.2) is 11.1 Å². The zero-order valence-electron chi connectivity index (χ0n) is 10.4. The van der Waals surface area contributed by atoms with Crippen LogP contribution in [-0.2, 0) is 4.79 Å². The number of hydrogen-bond donors (Lipinski definition) is 1. The van der Waals surface area contributed by atoms with E-state index in [0.29, 0.717) is 36.8 Å². The minimum atomic E-state index is -1.05. The van der Waals surface area contributed by atoms with Gasteiger partial charge in [0.15, 0.2) is 0 Å². The van der Waals surface area contributed by atoms with Crippen LogP contribution in [0.3, 0.4) is 0 Å². The Morgan fingerprint density at radius 2 is 1.62 bits per heavy atom. The Bertz CT molecular complexity index is 739. The Balaban J connectivity index is 2.68. The molecule has 0 atom stereocenters. The molecule has 2 aromatic carbocycles. The third kappa shape index (κ3) is 3.72. The van der Waals surface area contributed by atoms with Crippen molar-refractivity contribution in [2.75, 3.05) is 0 Å². The third-order valence-corrected chi connectivity index (χ3v) is 4.08. The van der Waals surface area contributed by atoms with Gasteiger partial charge in [-0.15, -0.1) is 0 Å². The average Bonchev–Trinajstić information content (AvgIpc) is 2.41. The average molecular weight is 362 g/mol. The second kappa shape index (κ2) is 6.71. The SMILES string of the molecule is O=C(O)/C=C\c1cccc(Cl)c1-c1cc(Cl)c(Cl)cc1Cl. The van der Waals surface area contributed by atoms with E-state index in [1.807, 2.05) is 0 Å². The van der Waals surface area contributed by atoms with E-state index in [1.54, 1.807) is 24.3 Å². The van der Waals surface area contributed by atoms with E-state index in [1.165, 1.54) is 12.1 Å². The van der Waals surface area contributed by atoms with Gasteiger partial charge in [0.05, 0.1) is 15.1 Å². The lowest BCUT2D eigenvalue weighted by atomic mass is 9.99. The smallest absolute Gasteiger partial charge is 0.328 e. The molecule has 6 heteroatoms. The fourth-order valence-corrected chi connectivity index (χ4v) is 2.76. The topological polar surface area (TPSA) is 37.3 Å². The number of hydrogen-bond acceptors (Lipinski definition) is 1. The highest BCUT2D eigenvalue weighted by atomic mass is 35.5. The summed E-state index contributed by atoms with van der Waals surface area (Å²) >= 11 is 24.4. The molecule has 2 rings (SSSR count). The van der Waals surface area contributed by atoms with Crippen LogP contribution in [0.1, 0.15) is 5.56 Å². The molecule has 2 nitrogen and oxygen atoms in total. The highest BCUT2D eigenvalue weighted by molar-refractivity contribution is 6.44. The van der Waals surface area contributed by atoms with Crippen molar-refractivity contribution in [3.05, 3.63) is 62.1 Å². The van der Waals surface area contributed by atoms with E-state index in [9.17, 15) is 4.79 Å². The molecule has 0 spiro atoms. The van der Waals surface area contributed by atoms with Crippen molar-refractivity contribution >= 4 is 58.4 Å². The fourth-order valence-electron chi connectivity index (χ4n) is 1.84. The molecule has 0 aromatic heterocycles. The van der Waals surface area contributed by atoms with Gasteiger partial charge in [0, 0.05) is 22.2 Å². The van der Waals surface area contributed by atoms with Gasteiger partial charge in [-0.05, 0) is 29.8 Å². The Hall–Kier alpha value is -1.19. The summed E-state index contributed by atoms with van der Waals surface area (Å²) in [7, 11) is 0. The van der Waals surface area contributed by atoms with Gasteiger partial charge in [-0.1, -0.05) is 58.5 Å². The van der Waals surface area contributed by atoms with E-state index in [0.717, 1.165) is 6.08 Å². The molecule has 21 heavy (non-hydrogen) atoms. The number of rotatable bonds is 3. The Morgan fingerprint density at radius 3 is 2.29 bits per heavy atom. The molecule has 0 saturated heterocycles. The van der Waals surface area contributed by atoms with Crippen LogP contribution >= 0.6 is 46.4 Å². The lowest BCUT2D eigenvalue weighted by Crippen LogP contribution is -1.90. The zero-order valence-corrected chi connectivity index (χ0v) is 13.4. The Labute approximate surface area is 141 Å². The highest BCUT2D eigenvalue weighted by Crippen LogP contribution is 2.40. The molecule has 0 saturated carbocycles. The van der Waals surface area contributed by atoms with Crippen molar-refractivity contribution in [2.24, 2.45) is 0 Å². The van der Waals surface area contributed by atoms with Crippen molar-refractivity contribution in [3.63, 3.8) is 0 Å². The van der Waals surface area contributed by atoms with E-state index >= 15 is 0 Å². The first-order chi connectivity index (χ1) is 9.90. The first-order valence-electron chi connectivity index (χ1n) is 5.74. The van der Waals surface area contributed by atoms with Crippen LogP contribution in [0.25, 0.3) is 17.2 Å². The number of benzene rings is 2. The molecule has 0 aliphatic rings. The molecule has 0 fully saturated rings. The molecule has 0 aliphatic carbocycles. The summed E-state index contributed by atoms with van der Waals surface area (Å²) < 4.78 is 0. The van der Waals surface area contributed by atoms with Crippen LogP contribution < -0.4 is 0 Å². The summed E-state index contributed by atoms with van der Waals surface area (Å²) in [5, 5.41) is 10.2. The summed E-state index contributed by atoms with van der Waals surface area (Å²) in [6, 6.07) is 8.27. The molecule has 0 bridgehead atoms. The van der Waals surface area contributed by atoms with Crippen molar-refractivity contribution in [3.8, 4) is 11.1 Å². The second-order valence-electron chi connectivity index (χ2n) is 4.12. The molecule has 108 valence electrons. The van der Waals surface area contributed by atoms with Crippen LogP contribution in [0.2, 0.25) is 20.1 Å². The van der Waals surface area contributed by atoms with Crippen molar-refractivity contribution in [1.82, 2.24) is 0 Å². The number of carboxylic acids is 1. The number of carboxylic acid groups (broad SMARTS) is 1.